The molecule has 1 amide bonds. The van der Waals surface area contributed by atoms with Gasteiger partial charge >= 0.3 is 0 Å². The fourth-order valence-electron chi connectivity index (χ4n) is 3.87. The van der Waals surface area contributed by atoms with E-state index < -0.39 is 10.8 Å². The molecule has 0 fully saturated rings. The number of fused-ring (bicyclic) bond motifs is 1. The molecule has 34 heavy (non-hydrogen) atoms. The molecule has 3 aromatic rings. The van der Waals surface area contributed by atoms with Gasteiger partial charge in [0, 0.05) is 45.2 Å². The molecule has 4 rings (SSSR count). The van der Waals surface area contributed by atoms with Gasteiger partial charge in [-0.1, -0.05) is 24.6 Å². The number of hydrogen-bond donors (Lipinski definition) is 1. The highest BCUT2D eigenvalue weighted by molar-refractivity contribution is 7.84. The topological polar surface area (TPSA) is 73.2 Å². The number of benzene rings is 2. The molecule has 0 spiro atoms. The second kappa shape index (κ2) is 10.2. The largest absolute Gasteiger partial charge is 0.496 e. The highest BCUT2D eigenvalue weighted by Gasteiger charge is 2.22. The van der Waals surface area contributed by atoms with Gasteiger partial charge in [0.2, 0.25) is 0 Å². The first-order chi connectivity index (χ1) is 16.4. The molecule has 0 saturated carbocycles. The summed E-state index contributed by atoms with van der Waals surface area (Å²) in [4.78, 5) is 13.9. The van der Waals surface area contributed by atoms with E-state index in [1.165, 1.54) is 12.1 Å². The van der Waals surface area contributed by atoms with Gasteiger partial charge in [-0.25, -0.2) is 9.07 Å². The Bertz CT molecular complexity index is 1310. The summed E-state index contributed by atoms with van der Waals surface area (Å²) in [5.74, 6) is 0.0267. The Morgan fingerprint density at radius 3 is 2.68 bits per heavy atom. The summed E-state index contributed by atoms with van der Waals surface area (Å²) in [6.07, 6.45) is 8.74. The zero-order valence-electron chi connectivity index (χ0n) is 19.3. The van der Waals surface area contributed by atoms with Crippen LogP contribution in [0.2, 0.25) is 0 Å². The first-order valence-electron chi connectivity index (χ1n) is 10.9. The van der Waals surface area contributed by atoms with E-state index in [0.717, 1.165) is 23.3 Å². The van der Waals surface area contributed by atoms with Crippen molar-refractivity contribution in [3.8, 4) is 11.4 Å². The summed E-state index contributed by atoms with van der Waals surface area (Å²) in [7, 11) is 0.422. The maximum Gasteiger partial charge on any atom is 0.251 e. The smallest absolute Gasteiger partial charge is 0.251 e. The minimum Gasteiger partial charge on any atom is -0.496 e. The zero-order valence-corrected chi connectivity index (χ0v) is 20.1. The van der Waals surface area contributed by atoms with Gasteiger partial charge in [-0.3, -0.25) is 9.00 Å². The number of carbonyl (C=O) groups is 1. The lowest BCUT2D eigenvalue weighted by atomic mass is 10.1. The highest BCUT2D eigenvalue weighted by atomic mass is 32.2. The molecule has 1 N–H and O–H groups in total. The van der Waals surface area contributed by atoms with Crippen LogP contribution in [0.3, 0.4) is 0 Å². The van der Waals surface area contributed by atoms with Crippen LogP contribution in [0, 0.1) is 5.82 Å². The average molecular weight is 480 g/mol. The SMILES string of the molecule is CCC1=Cc2c(cnn2-c2ccc(F)cc2)C(C(=O)NCc2ccc(S(C)=O)cc2OC)=CC1. The molecule has 2 aromatic carbocycles. The molecule has 6 nitrogen and oxygen atoms in total. The molecule has 1 aliphatic carbocycles. The minimum atomic E-state index is -1.12. The molecule has 0 saturated heterocycles. The van der Waals surface area contributed by atoms with Crippen LogP contribution in [0.5, 0.6) is 5.75 Å². The minimum absolute atomic E-state index is 0.226. The van der Waals surface area contributed by atoms with Crippen LogP contribution < -0.4 is 10.1 Å². The molecule has 1 heterocycles. The van der Waals surface area contributed by atoms with Crippen LogP contribution in [0.25, 0.3) is 17.3 Å². The summed E-state index contributed by atoms with van der Waals surface area (Å²) in [6, 6.07) is 11.4. The number of rotatable bonds is 7. The highest BCUT2D eigenvalue weighted by Crippen LogP contribution is 2.30. The van der Waals surface area contributed by atoms with Gasteiger partial charge in [0.1, 0.15) is 11.6 Å². The normalized spacial score (nSPS) is 13.9. The molecule has 1 aliphatic rings. The van der Waals surface area contributed by atoms with Gasteiger partial charge in [0.15, 0.2) is 0 Å². The lowest BCUT2D eigenvalue weighted by Crippen LogP contribution is -2.24. The van der Waals surface area contributed by atoms with Crippen molar-refractivity contribution >= 4 is 28.4 Å². The first-order valence-corrected chi connectivity index (χ1v) is 12.5. The number of hydrogen-bond acceptors (Lipinski definition) is 4. The molecule has 8 heteroatoms. The molecule has 0 bridgehead atoms. The number of allylic oxidation sites excluding steroid dienone is 2. The van der Waals surface area contributed by atoms with Gasteiger partial charge in [-0.2, -0.15) is 5.10 Å². The van der Waals surface area contributed by atoms with Crippen LogP contribution in [0.1, 0.15) is 36.6 Å². The number of nitrogens with zero attached hydrogens (tertiary/aromatic N) is 2. The third-order valence-corrected chi connectivity index (χ3v) is 6.72. The van der Waals surface area contributed by atoms with Crippen LogP contribution in [-0.2, 0) is 22.1 Å². The van der Waals surface area contributed by atoms with Crippen molar-refractivity contribution in [3.63, 3.8) is 0 Å². The van der Waals surface area contributed by atoms with Crippen LogP contribution in [0.4, 0.5) is 4.39 Å². The molecule has 0 aliphatic heterocycles. The fraction of sp³-hybridized carbons (Fsp3) is 0.231. The Morgan fingerprint density at radius 1 is 1.24 bits per heavy atom. The molecule has 1 unspecified atom stereocenters. The Kier molecular flexibility index (Phi) is 7.07. The van der Waals surface area contributed by atoms with E-state index in [1.54, 1.807) is 48.5 Å². The number of nitrogens with one attached hydrogen (secondary N) is 1. The maximum atomic E-state index is 13.4. The van der Waals surface area contributed by atoms with Gasteiger partial charge in [0.05, 0.1) is 24.7 Å². The third kappa shape index (κ3) is 4.87. The Balaban J connectivity index is 1.62. The fourth-order valence-corrected chi connectivity index (χ4v) is 4.40. The number of methoxy groups -OCH3 is 1. The van der Waals surface area contributed by atoms with E-state index in [2.05, 4.69) is 23.4 Å². The quantitative estimate of drug-likeness (QED) is 0.535. The van der Waals surface area contributed by atoms with Gasteiger partial charge in [0.25, 0.3) is 5.91 Å². The van der Waals surface area contributed by atoms with Crippen LogP contribution in [-0.4, -0.2) is 33.3 Å². The summed E-state index contributed by atoms with van der Waals surface area (Å²) in [5.41, 5.74) is 4.71. The van der Waals surface area contributed by atoms with Crippen molar-refractivity contribution in [2.45, 2.75) is 31.2 Å². The molecule has 176 valence electrons. The Labute approximate surface area is 200 Å². The molecular formula is C26H26FN3O3S. The molecular weight excluding hydrogens is 453 g/mol. The van der Waals surface area contributed by atoms with Crippen LogP contribution in [0.15, 0.2) is 65.2 Å². The Hall–Kier alpha value is -3.52. The van der Waals surface area contributed by atoms with Crippen molar-refractivity contribution in [2.24, 2.45) is 0 Å². The number of ether oxygens (including phenoxy) is 1. The van der Waals surface area contributed by atoms with Crippen molar-refractivity contribution in [2.75, 3.05) is 13.4 Å². The van der Waals surface area contributed by atoms with Crippen molar-refractivity contribution in [3.05, 3.63) is 82.9 Å². The summed E-state index contributed by atoms with van der Waals surface area (Å²) in [5, 5.41) is 7.47. The second-order valence-electron chi connectivity index (χ2n) is 7.92. The van der Waals surface area contributed by atoms with E-state index >= 15 is 0 Å². The third-order valence-electron chi connectivity index (χ3n) is 5.81. The maximum absolute atomic E-state index is 13.4. The lowest BCUT2D eigenvalue weighted by molar-refractivity contribution is -0.115. The Morgan fingerprint density at radius 2 is 2.00 bits per heavy atom. The van der Waals surface area contributed by atoms with Crippen molar-refractivity contribution < 1.29 is 18.1 Å². The summed E-state index contributed by atoms with van der Waals surface area (Å²) >= 11 is 0. The van der Waals surface area contributed by atoms with Gasteiger partial charge < -0.3 is 10.1 Å². The standard InChI is InChI=1S/C26H26FN3O3S/c1-4-17-5-12-22(23-16-29-30(24(23)13-17)20-9-7-19(27)8-10-20)26(31)28-15-18-6-11-21(34(3)32)14-25(18)33-2/h6-14,16H,4-5,15H2,1-3H3,(H,28,31). The van der Waals surface area contributed by atoms with E-state index in [-0.39, 0.29) is 18.3 Å². The van der Waals surface area contributed by atoms with Gasteiger partial charge in [-0.05, 0) is 55.3 Å². The van der Waals surface area contributed by atoms with E-state index in [0.29, 0.717) is 33.9 Å². The number of carbonyl (C=O) groups excluding carboxylic acids is 1. The second-order valence-corrected chi connectivity index (χ2v) is 9.30. The summed E-state index contributed by atoms with van der Waals surface area (Å²) in [6.45, 7) is 2.33. The predicted octanol–water partition coefficient (Wildman–Crippen LogP) is 4.65. The average Bonchev–Trinajstić information content (AvgIpc) is 3.15. The summed E-state index contributed by atoms with van der Waals surface area (Å²) < 4.78 is 32.4. The predicted molar refractivity (Wildman–Crippen MR) is 132 cm³/mol. The number of halogens is 1. The van der Waals surface area contributed by atoms with E-state index in [4.69, 9.17) is 4.74 Å². The lowest BCUT2D eigenvalue weighted by Gasteiger charge is -2.12. The van der Waals surface area contributed by atoms with Crippen LogP contribution >= 0.6 is 0 Å². The monoisotopic (exact) mass is 479 g/mol. The van der Waals surface area contributed by atoms with E-state index in [9.17, 15) is 13.4 Å². The van der Waals surface area contributed by atoms with Crippen molar-refractivity contribution in [1.29, 1.82) is 0 Å². The molecule has 0 radical (unpaired) electrons. The van der Waals surface area contributed by atoms with E-state index in [1.807, 2.05) is 12.1 Å². The van der Waals surface area contributed by atoms with Crippen molar-refractivity contribution in [1.82, 2.24) is 15.1 Å². The number of amides is 1. The van der Waals surface area contributed by atoms with Gasteiger partial charge in [-0.15, -0.1) is 0 Å². The molecule has 1 atom stereocenters. The number of aromatic nitrogens is 2. The molecule has 1 aromatic heterocycles. The first kappa shape index (κ1) is 23.6. The zero-order chi connectivity index (χ0) is 24.2.